The Morgan fingerprint density at radius 3 is 2.67 bits per heavy atom. The minimum atomic E-state index is 0.170. The van der Waals surface area contributed by atoms with Crippen LogP contribution < -0.4 is 0 Å². The molecule has 1 heteroatoms. The molecule has 0 aromatic rings. The van der Waals surface area contributed by atoms with E-state index in [1.807, 2.05) is 0 Å². The van der Waals surface area contributed by atoms with E-state index in [9.17, 15) is 4.79 Å². The molecule has 2 aliphatic rings. The zero-order chi connectivity index (χ0) is 11.3. The van der Waals surface area contributed by atoms with Crippen LogP contribution in [0.5, 0.6) is 0 Å². The summed E-state index contributed by atoms with van der Waals surface area (Å²) in [5, 5.41) is 0. The minimum Gasteiger partial charge on any atom is -0.300 e. The van der Waals surface area contributed by atoms with E-state index in [2.05, 4.69) is 33.4 Å². The van der Waals surface area contributed by atoms with E-state index in [1.54, 1.807) is 0 Å². The van der Waals surface area contributed by atoms with Crippen LogP contribution in [0, 0.1) is 22.7 Å². The summed E-state index contributed by atoms with van der Waals surface area (Å²) in [6.45, 7) is 10.9. The van der Waals surface area contributed by atoms with Gasteiger partial charge in [-0.05, 0) is 35.5 Å². The van der Waals surface area contributed by atoms with Crippen molar-refractivity contribution in [2.24, 2.45) is 22.7 Å². The van der Waals surface area contributed by atoms with E-state index in [1.165, 1.54) is 12.8 Å². The number of carbonyl (C=O) groups is 1. The van der Waals surface area contributed by atoms with Gasteiger partial charge in [0.2, 0.25) is 0 Å². The Kier molecular flexibility index (Phi) is 2.33. The molecule has 2 fully saturated rings. The Morgan fingerprint density at radius 2 is 2.07 bits per heavy atom. The van der Waals surface area contributed by atoms with Crippen LogP contribution in [0.25, 0.3) is 0 Å². The molecule has 0 bridgehead atoms. The summed E-state index contributed by atoms with van der Waals surface area (Å²) in [5.41, 5.74) is 0.517. The van der Waals surface area contributed by atoms with Gasteiger partial charge in [-0.3, -0.25) is 4.79 Å². The second kappa shape index (κ2) is 3.20. The molecule has 2 saturated carbocycles. The normalized spacial score (nSPS) is 50.2. The second-order valence-corrected chi connectivity index (χ2v) is 6.04. The van der Waals surface area contributed by atoms with Crippen LogP contribution in [0.4, 0.5) is 0 Å². The molecular formula is C14H22O. The van der Waals surface area contributed by atoms with Crippen LogP contribution >= 0.6 is 0 Å². The maximum absolute atomic E-state index is 11.8. The summed E-state index contributed by atoms with van der Waals surface area (Å²) in [7, 11) is 0. The van der Waals surface area contributed by atoms with Crippen LogP contribution in [-0.2, 0) is 4.79 Å². The van der Waals surface area contributed by atoms with E-state index in [4.69, 9.17) is 0 Å². The summed E-state index contributed by atoms with van der Waals surface area (Å²) in [4.78, 5) is 11.8. The number of rotatable bonds is 1. The van der Waals surface area contributed by atoms with Crippen molar-refractivity contribution in [3.63, 3.8) is 0 Å². The van der Waals surface area contributed by atoms with Gasteiger partial charge >= 0.3 is 0 Å². The molecule has 15 heavy (non-hydrogen) atoms. The fourth-order valence-corrected chi connectivity index (χ4v) is 4.05. The van der Waals surface area contributed by atoms with Gasteiger partial charge in [0.05, 0.1) is 0 Å². The first-order valence-electron chi connectivity index (χ1n) is 6.08. The van der Waals surface area contributed by atoms with Gasteiger partial charge < -0.3 is 0 Å². The molecule has 0 aliphatic heterocycles. The van der Waals surface area contributed by atoms with Crippen LogP contribution in [0.15, 0.2) is 12.7 Å². The fourth-order valence-electron chi connectivity index (χ4n) is 4.05. The molecular weight excluding hydrogens is 184 g/mol. The Balaban J connectivity index is 2.42. The predicted molar refractivity (Wildman–Crippen MR) is 62.5 cm³/mol. The van der Waals surface area contributed by atoms with E-state index in [-0.39, 0.29) is 5.41 Å². The van der Waals surface area contributed by atoms with Gasteiger partial charge in [0.15, 0.2) is 0 Å². The van der Waals surface area contributed by atoms with Crippen LogP contribution in [0.1, 0.15) is 46.5 Å². The third kappa shape index (κ3) is 1.25. The van der Waals surface area contributed by atoms with E-state index in [0.29, 0.717) is 23.0 Å². The zero-order valence-electron chi connectivity index (χ0n) is 10.2. The lowest BCUT2D eigenvalue weighted by molar-refractivity contribution is -0.133. The molecule has 0 amide bonds. The molecule has 4 atom stereocenters. The van der Waals surface area contributed by atoms with Crippen molar-refractivity contribution in [3.05, 3.63) is 12.7 Å². The molecule has 0 heterocycles. The maximum Gasteiger partial charge on any atom is 0.133 e. The van der Waals surface area contributed by atoms with Crippen molar-refractivity contribution >= 4 is 5.78 Å². The highest BCUT2D eigenvalue weighted by molar-refractivity contribution is 5.80. The van der Waals surface area contributed by atoms with Crippen molar-refractivity contribution < 1.29 is 4.79 Å². The van der Waals surface area contributed by atoms with Crippen molar-refractivity contribution in [2.45, 2.75) is 46.5 Å². The van der Waals surface area contributed by atoms with Gasteiger partial charge in [-0.15, -0.1) is 6.58 Å². The Hall–Kier alpha value is -0.590. The van der Waals surface area contributed by atoms with Gasteiger partial charge in [0.25, 0.3) is 0 Å². The largest absolute Gasteiger partial charge is 0.300 e. The third-order valence-corrected chi connectivity index (χ3v) is 5.57. The zero-order valence-corrected chi connectivity index (χ0v) is 10.2. The minimum absolute atomic E-state index is 0.170. The van der Waals surface area contributed by atoms with Gasteiger partial charge in [-0.2, -0.15) is 0 Å². The number of hydrogen-bond donors (Lipinski definition) is 0. The number of Topliss-reactive ketones (excluding diaryl/α,β-unsaturated/α-hetero) is 1. The summed E-state index contributed by atoms with van der Waals surface area (Å²) in [5.74, 6) is 1.53. The molecule has 0 saturated heterocycles. The number of ketones is 1. The molecule has 1 nitrogen and oxygen atoms in total. The lowest BCUT2D eigenvalue weighted by Gasteiger charge is -2.51. The smallest absolute Gasteiger partial charge is 0.133 e. The lowest BCUT2D eigenvalue weighted by atomic mass is 9.53. The first-order chi connectivity index (χ1) is 6.94. The third-order valence-electron chi connectivity index (χ3n) is 5.57. The fraction of sp³-hybridized carbons (Fsp3) is 0.786. The SMILES string of the molecule is C=C[C@@H]1CC[C@@]2(C)[C@H](C)CC(=O)C[C@@]12C. The molecule has 0 aromatic heterocycles. The quantitative estimate of drug-likeness (QED) is 0.599. The molecule has 0 unspecified atom stereocenters. The highest BCUT2D eigenvalue weighted by Gasteiger charge is 2.58. The molecule has 84 valence electrons. The van der Waals surface area contributed by atoms with E-state index >= 15 is 0 Å². The van der Waals surface area contributed by atoms with Crippen molar-refractivity contribution in [1.29, 1.82) is 0 Å². The van der Waals surface area contributed by atoms with Crippen molar-refractivity contribution in [2.75, 3.05) is 0 Å². The first kappa shape index (κ1) is 10.9. The summed E-state index contributed by atoms with van der Waals surface area (Å²) in [6, 6.07) is 0. The maximum atomic E-state index is 11.8. The predicted octanol–water partition coefficient (Wildman–Crippen LogP) is 3.59. The lowest BCUT2D eigenvalue weighted by Crippen LogP contribution is -2.47. The average molecular weight is 206 g/mol. The molecule has 0 aromatic carbocycles. The van der Waals surface area contributed by atoms with Crippen molar-refractivity contribution in [1.82, 2.24) is 0 Å². The van der Waals surface area contributed by atoms with Crippen LogP contribution in [0.2, 0.25) is 0 Å². The van der Waals surface area contributed by atoms with Gasteiger partial charge in [0.1, 0.15) is 5.78 Å². The first-order valence-corrected chi connectivity index (χ1v) is 6.08. The van der Waals surface area contributed by atoms with E-state index in [0.717, 1.165) is 12.8 Å². The Bertz CT molecular complexity index is 306. The number of allylic oxidation sites excluding steroid dienone is 1. The van der Waals surface area contributed by atoms with Gasteiger partial charge in [-0.1, -0.05) is 26.8 Å². The molecule has 2 rings (SSSR count). The topological polar surface area (TPSA) is 17.1 Å². The monoisotopic (exact) mass is 206 g/mol. The van der Waals surface area contributed by atoms with E-state index < -0.39 is 0 Å². The number of hydrogen-bond acceptors (Lipinski definition) is 1. The number of fused-ring (bicyclic) bond motifs is 1. The van der Waals surface area contributed by atoms with Crippen LogP contribution in [-0.4, -0.2) is 5.78 Å². The molecule has 0 radical (unpaired) electrons. The number of carbonyl (C=O) groups excluding carboxylic acids is 1. The van der Waals surface area contributed by atoms with Crippen LogP contribution in [0.3, 0.4) is 0 Å². The molecule has 0 spiro atoms. The Labute approximate surface area is 92.9 Å². The van der Waals surface area contributed by atoms with Crippen molar-refractivity contribution in [3.8, 4) is 0 Å². The highest BCUT2D eigenvalue weighted by atomic mass is 16.1. The van der Waals surface area contributed by atoms with Gasteiger partial charge in [0, 0.05) is 12.8 Å². The van der Waals surface area contributed by atoms with Gasteiger partial charge in [-0.25, -0.2) is 0 Å². The Morgan fingerprint density at radius 1 is 1.40 bits per heavy atom. The average Bonchev–Trinajstić information content (AvgIpc) is 2.40. The second-order valence-electron chi connectivity index (χ2n) is 6.04. The molecule has 0 N–H and O–H groups in total. The standard InChI is InChI=1S/C14H22O/c1-5-11-6-7-13(3)10(2)8-12(15)9-14(11,13)4/h5,10-11H,1,6-9H2,2-4H3/t10-,11-,13+,14+/m1/s1. The molecule has 2 aliphatic carbocycles. The summed E-state index contributed by atoms with van der Waals surface area (Å²) < 4.78 is 0. The highest BCUT2D eigenvalue weighted by Crippen LogP contribution is 2.64. The summed E-state index contributed by atoms with van der Waals surface area (Å²) in [6.07, 6.45) is 6.11. The summed E-state index contributed by atoms with van der Waals surface area (Å²) >= 11 is 0.